The third-order valence-electron chi connectivity index (χ3n) is 2.90. The van der Waals surface area contributed by atoms with Crippen LogP contribution in [-0.2, 0) is 12.0 Å². The van der Waals surface area contributed by atoms with Gasteiger partial charge in [0, 0.05) is 17.0 Å². The van der Waals surface area contributed by atoms with E-state index in [1.807, 2.05) is 0 Å². The summed E-state index contributed by atoms with van der Waals surface area (Å²) in [5.41, 5.74) is 0.713. The molecule has 2 rings (SSSR count). The molecule has 0 bridgehead atoms. The monoisotopic (exact) mass is 218 g/mol. The second kappa shape index (κ2) is 4.18. The fraction of sp³-hybridized carbons (Fsp3) is 0.417. The molecule has 0 saturated heterocycles. The minimum absolute atomic E-state index is 0.470. The lowest BCUT2D eigenvalue weighted by Gasteiger charge is -2.31. The summed E-state index contributed by atoms with van der Waals surface area (Å²) in [7, 11) is 0. The van der Waals surface area contributed by atoms with Crippen LogP contribution in [0.1, 0.15) is 23.3 Å². The first-order valence-electron chi connectivity index (χ1n) is 5.16. The Morgan fingerprint density at radius 2 is 2.60 bits per heavy atom. The molecule has 0 amide bonds. The molecular formula is C12H14N2S. The molecule has 1 atom stereocenters. The van der Waals surface area contributed by atoms with E-state index in [1.54, 1.807) is 17.4 Å². The number of nitrogens with one attached hydrogen (secondary N) is 1. The van der Waals surface area contributed by atoms with Gasteiger partial charge in [0.1, 0.15) is 5.54 Å². The fourth-order valence-corrected chi connectivity index (χ4v) is 3.15. The maximum atomic E-state index is 9.39. The molecule has 0 aliphatic heterocycles. The molecule has 0 spiro atoms. The molecule has 1 aliphatic carbocycles. The number of aryl methyl sites for hydroxylation is 1. The van der Waals surface area contributed by atoms with Crippen LogP contribution in [0.15, 0.2) is 24.1 Å². The van der Waals surface area contributed by atoms with Gasteiger partial charge < -0.3 is 0 Å². The van der Waals surface area contributed by atoms with Gasteiger partial charge in [-0.3, -0.25) is 5.32 Å². The van der Waals surface area contributed by atoms with Crippen LogP contribution < -0.4 is 5.32 Å². The predicted molar refractivity (Wildman–Crippen MR) is 62.7 cm³/mol. The summed E-state index contributed by atoms with van der Waals surface area (Å²) < 4.78 is 0. The minimum atomic E-state index is -0.470. The summed E-state index contributed by atoms with van der Waals surface area (Å²) in [5, 5.41) is 14.8. The van der Waals surface area contributed by atoms with Crippen molar-refractivity contribution in [3.63, 3.8) is 0 Å². The lowest BCUT2D eigenvalue weighted by Crippen LogP contribution is -2.43. The molecule has 2 nitrogen and oxygen atoms in total. The second-order valence-electron chi connectivity index (χ2n) is 3.80. The molecule has 1 heterocycles. The van der Waals surface area contributed by atoms with Crippen LogP contribution in [0.25, 0.3) is 0 Å². The molecule has 1 aromatic heterocycles. The highest BCUT2D eigenvalue weighted by Crippen LogP contribution is 2.37. The Balaban J connectivity index is 2.36. The van der Waals surface area contributed by atoms with E-state index < -0.39 is 5.54 Å². The Hall–Kier alpha value is -1.11. The van der Waals surface area contributed by atoms with Crippen molar-refractivity contribution in [3.05, 3.63) is 34.5 Å². The molecule has 1 N–H and O–H groups in total. The van der Waals surface area contributed by atoms with E-state index in [0.29, 0.717) is 6.54 Å². The van der Waals surface area contributed by atoms with Crippen molar-refractivity contribution in [1.29, 1.82) is 5.26 Å². The van der Waals surface area contributed by atoms with E-state index in [0.717, 1.165) is 19.3 Å². The van der Waals surface area contributed by atoms with E-state index in [1.165, 1.54) is 10.4 Å². The van der Waals surface area contributed by atoms with Gasteiger partial charge in [0.15, 0.2) is 0 Å². The molecule has 1 aromatic rings. The van der Waals surface area contributed by atoms with Crippen LogP contribution in [0.2, 0.25) is 0 Å². The lowest BCUT2D eigenvalue weighted by atomic mass is 9.81. The lowest BCUT2D eigenvalue weighted by molar-refractivity contribution is 0.385. The summed E-state index contributed by atoms with van der Waals surface area (Å²) in [4.78, 5) is 1.36. The van der Waals surface area contributed by atoms with Crippen molar-refractivity contribution in [2.45, 2.75) is 24.8 Å². The maximum absolute atomic E-state index is 9.39. The third kappa shape index (κ3) is 1.71. The smallest absolute Gasteiger partial charge is 0.133 e. The first kappa shape index (κ1) is 10.4. The van der Waals surface area contributed by atoms with E-state index in [4.69, 9.17) is 0 Å². The zero-order valence-electron chi connectivity index (χ0n) is 8.62. The van der Waals surface area contributed by atoms with Crippen molar-refractivity contribution in [3.8, 4) is 6.07 Å². The van der Waals surface area contributed by atoms with E-state index in [9.17, 15) is 5.26 Å². The van der Waals surface area contributed by atoms with Crippen LogP contribution in [0.4, 0.5) is 0 Å². The van der Waals surface area contributed by atoms with Crippen molar-refractivity contribution < 1.29 is 0 Å². The Labute approximate surface area is 94.2 Å². The van der Waals surface area contributed by atoms with Crippen LogP contribution in [-0.4, -0.2) is 6.54 Å². The largest absolute Gasteiger partial charge is 0.292 e. The molecule has 78 valence electrons. The van der Waals surface area contributed by atoms with Crippen molar-refractivity contribution in [2.24, 2.45) is 0 Å². The molecule has 0 saturated carbocycles. The van der Waals surface area contributed by atoms with Crippen LogP contribution in [0, 0.1) is 11.3 Å². The third-order valence-corrected chi connectivity index (χ3v) is 3.88. The number of nitrogens with zero attached hydrogens (tertiary/aromatic N) is 1. The highest BCUT2D eigenvalue weighted by molar-refractivity contribution is 7.10. The Bertz CT molecular complexity index is 402. The van der Waals surface area contributed by atoms with E-state index in [2.05, 4.69) is 29.4 Å². The summed E-state index contributed by atoms with van der Waals surface area (Å²) in [6.07, 6.45) is 4.91. The Morgan fingerprint density at radius 3 is 3.33 bits per heavy atom. The number of thiophene rings is 1. The zero-order valence-corrected chi connectivity index (χ0v) is 9.44. The molecular weight excluding hydrogens is 204 g/mol. The summed E-state index contributed by atoms with van der Waals surface area (Å²) >= 11 is 1.76. The Morgan fingerprint density at radius 1 is 1.73 bits per heavy atom. The molecule has 15 heavy (non-hydrogen) atoms. The van der Waals surface area contributed by atoms with Gasteiger partial charge >= 0.3 is 0 Å². The normalized spacial score (nSPS) is 24.2. The molecule has 3 heteroatoms. The second-order valence-corrected chi connectivity index (χ2v) is 4.80. The van der Waals surface area contributed by atoms with Crippen molar-refractivity contribution in [1.82, 2.24) is 5.32 Å². The predicted octanol–water partition coefficient (Wildman–Crippen LogP) is 2.58. The molecule has 0 radical (unpaired) electrons. The van der Waals surface area contributed by atoms with Crippen molar-refractivity contribution >= 4 is 11.3 Å². The van der Waals surface area contributed by atoms with Gasteiger partial charge in [-0.25, -0.2) is 0 Å². The van der Waals surface area contributed by atoms with Gasteiger partial charge in [0.25, 0.3) is 0 Å². The fourth-order valence-electron chi connectivity index (χ4n) is 2.15. The van der Waals surface area contributed by atoms with Crippen molar-refractivity contribution in [2.75, 3.05) is 6.54 Å². The highest BCUT2D eigenvalue weighted by atomic mass is 32.1. The standard InChI is InChI=1S/C12H14N2S/c1-2-7-14-12(9-13)6-3-4-11-10(12)5-8-15-11/h2,5,8,14H,1,3-4,6-7H2. The summed E-state index contributed by atoms with van der Waals surface area (Å²) in [6.45, 7) is 4.37. The number of hydrogen-bond donors (Lipinski definition) is 1. The van der Waals surface area contributed by atoms with Gasteiger partial charge in [-0.2, -0.15) is 5.26 Å². The summed E-state index contributed by atoms with van der Waals surface area (Å²) in [6, 6.07) is 4.52. The average Bonchev–Trinajstić information content (AvgIpc) is 2.75. The zero-order chi connectivity index (χ0) is 10.7. The topological polar surface area (TPSA) is 35.8 Å². The Kier molecular flexibility index (Phi) is 2.90. The van der Waals surface area contributed by atoms with Gasteiger partial charge in [-0.15, -0.1) is 17.9 Å². The van der Waals surface area contributed by atoms with E-state index in [-0.39, 0.29) is 0 Å². The number of hydrogen-bond acceptors (Lipinski definition) is 3. The molecule has 0 aromatic carbocycles. The number of nitriles is 1. The van der Waals surface area contributed by atoms with Crippen LogP contribution >= 0.6 is 11.3 Å². The van der Waals surface area contributed by atoms with Gasteiger partial charge in [-0.05, 0) is 30.7 Å². The first-order chi connectivity index (χ1) is 7.32. The van der Waals surface area contributed by atoms with Crippen LogP contribution in [0.3, 0.4) is 0 Å². The van der Waals surface area contributed by atoms with Crippen LogP contribution in [0.5, 0.6) is 0 Å². The quantitative estimate of drug-likeness (QED) is 0.791. The first-order valence-corrected chi connectivity index (χ1v) is 6.04. The van der Waals surface area contributed by atoms with E-state index >= 15 is 0 Å². The highest BCUT2D eigenvalue weighted by Gasteiger charge is 2.36. The number of rotatable bonds is 3. The number of fused-ring (bicyclic) bond motifs is 1. The maximum Gasteiger partial charge on any atom is 0.133 e. The SMILES string of the molecule is C=CCNC1(C#N)CCCc2sccc21. The van der Waals surface area contributed by atoms with Gasteiger partial charge in [-0.1, -0.05) is 6.08 Å². The molecule has 1 unspecified atom stereocenters. The minimum Gasteiger partial charge on any atom is -0.292 e. The molecule has 0 fully saturated rings. The average molecular weight is 218 g/mol. The van der Waals surface area contributed by atoms with Gasteiger partial charge in [0.05, 0.1) is 6.07 Å². The molecule has 1 aliphatic rings. The summed E-state index contributed by atoms with van der Waals surface area (Å²) in [5.74, 6) is 0. The van der Waals surface area contributed by atoms with Gasteiger partial charge in [0.2, 0.25) is 0 Å².